The van der Waals surface area contributed by atoms with Crippen molar-refractivity contribution < 1.29 is 9.47 Å². The van der Waals surface area contributed by atoms with Crippen LogP contribution in [0, 0.1) is 0 Å². The van der Waals surface area contributed by atoms with Gasteiger partial charge >= 0.3 is 6.01 Å². The van der Waals surface area contributed by atoms with E-state index in [0.717, 1.165) is 47.4 Å². The van der Waals surface area contributed by atoms with Gasteiger partial charge in [0, 0.05) is 37.2 Å². The van der Waals surface area contributed by atoms with Gasteiger partial charge in [-0.15, -0.1) is 0 Å². The minimum atomic E-state index is 0.253. The summed E-state index contributed by atoms with van der Waals surface area (Å²) in [6.07, 6.45) is 4.09. The first-order valence-corrected chi connectivity index (χ1v) is 9.90. The molecule has 1 aliphatic heterocycles. The first kappa shape index (κ1) is 18.1. The van der Waals surface area contributed by atoms with Gasteiger partial charge in [0.2, 0.25) is 0 Å². The van der Waals surface area contributed by atoms with E-state index >= 15 is 0 Å². The summed E-state index contributed by atoms with van der Waals surface area (Å²) in [4.78, 5) is 23.3. The second-order valence-electron chi connectivity index (χ2n) is 6.73. The van der Waals surface area contributed by atoms with Gasteiger partial charge in [-0.05, 0) is 18.6 Å². The summed E-state index contributed by atoms with van der Waals surface area (Å²) in [6.45, 7) is 4.81. The van der Waals surface area contributed by atoms with Gasteiger partial charge in [-0.2, -0.15) is 9.97 Å². The predicted molar refractivity (Wildman–Crippen MR) is 111 cm³/mol. The Labute approximate surface area is 171 Å². The van der Waals surface area contributed by atoms with Crippen molar-refractivity contribution in [1.29, 1.82) is 0 Å². The van der Waals surface area contributed by atoms with Crippen LogP contribution < -0.4 is 9.64 Å². The van der Waals surface area contributed by atoms with Crippen LogP contribution in [-0.4, -0.2) is 51.2 Å². The Hall–Kier alpha value is -2.97. The molecule has 0 unspecified atom stereocenters. The fourth-order valence-corrected chi connectivity index (χ4v) is 3.83. The van der Waals surface area contributed by atoms with Gasteiger partial charge in [-0.25, -0.2) is 0 Å². The number of aromatic amines is 1. The minimum absolute atomic E-state index is 0.253. The van der Waals surface area contributed by atoms with E-state index in [-0.39, 0.29) is 6.01 Å². The molecule has 0 radical (unpaired) electrons. The zero-order valence-electron chi connectivity index (χ0n) is 15.9. The zero-order valence-corrected chi connectivity index (χ0v) is 16.6. The SMILES string of the molecule is CCc1[nH]c2nc(Oc3ccc4nccnc4c3)nc(N3CCOCC3)c2c1Cl. The van der Waals surface area contributed by atoms with Crippen molar-refractivity contribution >= 4 is 39.5 Å². The number of aryl methyl sites for hydroxylation is 1. The molecule has 0 spiro atoms. The molecule has 0 amide bonds. The molecule has 4 aromatic rings. The summed E-state index contributed by atoms with van der Waals surface area (Å²) in [6, 6.07) is 5.77. The second kappa shape index (κ2) is 7.46. The highest BCUT2D eigenvalue weighted by molar-refractivity contribution is 6.37. The van der Waals surface area contributed by atoms with Crippen molar-refractivity contribution in [3.8, 4) is 11.8 Å². The van der Waals surface area contributed by atoms with E-state index in [9.17, 15) is 0 Å². The lowest BCUT2D eigenvalue weighted by molar-refractivity contribution is 0.122. The molecule has 0 atom stereocenters. The summed E-state index contributed by atoms with van der Waals surface area (Å²) >= 11 is 6.63. The van der Waals surface area contributed by atoms with Gasteiger partial charge in [-0.1, -0.05) is 18.5 Å². The number of halogens is 1. The van der Waals surface area contributed by atoms with Crippen molar-refractivity contribution in [2.24, 2.45) is 0 Å². The monoisotopic (exact) mass is 410 g/mol. The number of ether oxygens (including phenoxy) is 2. The third kappa shape index (κ3) is 3.34. The number of anilines is 1. The fraction of sp³-hybridized carbons (Fsp3) is 0.300. The van der Waals surface area contributed by atoms with Crippen LogP contribution in [0.1, 0.15) is 12.6 Å². The molecule has 1 saturated heterocycles. The van der Waals surface area contributed by atoms with Gasteiger partial charge in [0.25, 0.3) is 0 Å². The second-order valence-corrected chi connectivity index (χ2v) is 7.11. The van der Waals surface area contributed by atoms with Gasteiger partial charge in [0.15, 0.2) is 0 Å². The molecule has 1 aliphatic rings. The van der Waals surface area contributed by atoms with Gasteiger partial charge in [-0.3, -0.25) is 9.97 Å². The third-order valence-corrected chi connectivity index (χ3v) is 5.35. The van der Waals surface area contributed by atoms with Gasteiger partial charge < -0.3 is 19.4 Å². The number of fused-ring (bicyclic) bond motifs is 2. The number of H-pyrrole nitrogens is 1. The molecule has 0 bridgehead atoms. The molecular formula is C20H19ClN6O2. The van der Waals surface area contributed by atoms with Crippen LogP contribution in [0.15, 0.2) is 30.6 Å². The minimum Gasteiger partial charge on any atom is -0.424 e. The maximum atomic E-state index is 6.63. The Balaban J connectivity index is 1.59. The summed E-state index contributed by atoms with van der Waals surface area (Å²) in [5.74, 6) is 1.36. The first-order valence-electron chi connectivity index (χ1n) is 9.52. The number of aromatic nitrogens is 5. The Morgan fingerprint density at radius 2 is 1.93 bits per heavy atom. The number of nitrogens with zero attached hydrogens (tertiary/aromatic N) is 5. The average molecular weight is 411 g/mol. The maximum absolute atomic E-state index is 6.63. The normalized spacial score (nSPS) is 14.6. The van der Waals surface area contributed by atoms with Crippen LogP contribution in [0.2, 0.25) is 5.02 Å². The molecule has 1 fully saturated rings. The molecule has 29 heavy (non-hydrogen) atoms. The average Bonchev–Trinajstić information content (AvgIpc) is 3.09. The van der Waals surface area contributed by atoms with E-state index in [1.807, 2.05) is 25.1 Å². The molecule has 3 aromatic heterocycles. The lowest BCUT2D eigenvalue weighted by Crippen LogP contribution is -2.37. The molecule has 1 N–H and O–H groups in total. The Morgan fingerprint density at radius 3 is 2.72 bits per heavy atom. The van der Waals surface area contributed by atoms with Crippen LogP contribution in [0.4, 0.5) is 5.82 Å². The van der Waals surface area contributed by atoms with Crippen LogP contribution in [-0.2, 0) is 11.2 Å². The maximum Gasteiger partial charge on any atom is 0.325 e. The topological polar surface area (TPSA) is 89.0 Å². The predicted octanol–water partition coefficient (Wildman–Crippen LogP) is 3.75. The highest BCUT2D eigenvalue weighted by Gasteiger charge is 2.23. The number of hydrogen-bond acceptors (Lipinski definition) is 7. The van der Waals surface area contributed by atoms with E-state index in [1.54, 1.807) is 12.4 Å². The summed E-state index contributed by atoms with van der Waals surface area (Å²) in [7, 11) is 0. The highest BCUT2D eigenvalue weighted by Crippen LogP contribution is 2.36. The smallest absolute Gasteiger partial charge is 0.325 e. The number of nitrogens with one attached hydrogen (secondary N) is 1. The van der Waals surface area contributed by atoms with Crippen molar-refractivity contribution in [2.45, 2.75) is 13.3 Å². The lowest BCUT2D eigenvalue weighted by Gasteiger charge is -2.28. The standard InChI is InChI=1S/C20H19ClN6O2/c1-2-13-17(21)16-18(24-13)25-20(26-19(16)27-7-9-28-10-8-27)29-12-3-4-14-15(11-12)23-6-5-22-14/h3-6,11H,2,7-10H2,1H3,(H,24,25,26). The van der Waals surface area contributed by atoms with Crippen LogP contribution >= 0.6 is 11.6 Å². The molecule has 4 heterocycles. The number of hydrogen-bond donors (Lipinski definition) is 1. The molecule has 0 aliphatic carbocycles. The van der Waals surface area contributed by atoms with Crippen molar-refractivity contribution in [1.82, 2.24) is 24.9 Å². The Bertz CT molecular complexity index is 1190. The van der Waals surface area contributed by atoms with Crippen LogP contribution in [0.5, 0.6) is 11.8 Å². The van der Waals surface area contributed by atoms with Crippen molar-refractivity contribution in [3.63, 3.8) is 0 Å². The molecule has 1 aromatic carbocycles. The van der Waals surface area contributed by atoms with Gasteiger partial charge in [0.1, 0.15) is 17.2 Å². The summed E-state index contributed by atoms with van der Waals surface area (Å²) in [5, 5.41) is 1.48. The number of benzene rings is 1. The van der Waals surface area contributed by atoms with Crippen LogP contribution in [0.3, 0.4) is 0 Å². The van der Waals surface area contributed by atoms with E-state index < -0.39 is 0 Å². The highest BCUT2D eigenvalue weighted by atomic mass is 35.5. The van der Waals surface area contributed by atoms with Gasteiger partial charge in [0.05, 0.1) is 34.7 Å². The van der Waals surface area contributed by atoms with E-state index in [0.29, 0.717) is 29.6 Å². The van der Waals surface area contributed by atoms with Crippen LogP contribution in [0.25, 0.3) is 22.1 Å². The largest absolute Gasteiger partial charge is 0.424 e. The molecule has 0 saturated carbocycles. The molecular weight excluding hydrogens is 392 g/mol. The van der Waals surface area contributed by atoms with E-state index in [4.69, 9.17) is 26.1 Å². The quantitative estimate of drug-likeness (QED) is 0.548. The fourth-order valence-electron chi connectivity index (χ4n) is 3.48. The number of morpholine rings is 1. The summed E-state index contributed by atoms with van der Waals surface area (Å²) < 4.78 is 11.5. The third-order valence-electron chi connectivity index (χ3n) is 4.94. The van der Waals surface area contributed by atoms with E-state index in [1.165, 1.54) is 0 Å². The molecule has 148 valence electrons. The first-order chi connectivity index (χ1) is 14.2. The molecule has 8 nitrogen and oxygen atoms in total. The Morgan fingerprint density at radius 1 is 1.14 bits per heavy atom. The van der Waals surface area contributed by atoms with Crippen molar-refractivity contribution in [3.05, 3.63) is 41.3 Å². The number of rotatable bonds is 4. The van der Waals surface area contributed by atoms with E-state index in [2.05, 4.69) is 24.8 Å². The van der Waals surface area contributed by atoms with Crippen molar-refractivity contribution in [2.75, 3.05) is 31.2 Å². The summed E-state index contributed by atoms with van der Waals surface area (Å²) in [5.41, 5.74) is 3.15. The molecule has 9 heteroatoms. The Kier molecular flexibility index (Phi) is 4.65. The lowest BCUT2D eigenvalue weighted by atomic mass is 10.2. The molecule has 5 rings (SSSR count). The zero-order chi connectivity index (χ0) is 19.8.